The van der Waals surface area contributed by atoms with Crippen LogP contribution in [0.5, 0.6) is 0 Å². The van der Waals surface area contributed by atoms with Crippen molar-refractivity contribution in [1.29, 1.82) is 0 Å². The minimum absolute atomic E-state index is 0. The molecular weight excluding hydrogens is 303 g/mol. The molecule has 19 heavy (non-hydrogen) atoms. The van der Waals surface area contributed by atoms with Gasteiger partial charge in [0.15, 0.2) is 0 Å². The number of carbonyl (C=O) groups excluding carboxylic acids is 1. The summed E-state index contributed by atoms with van der Waals surface area (Å²) in [6, 6.07) is 5.58. The van der Waals surface area contributed by atoms with Gasteiger partial charge in [-0.3, -0.25) is 4.79 Å². The Bertz CT molecular complexity index is 414. The Morgan fingerprint density at radius 3 is 2.68 bits per heavy atom. The molecule has 0 heterocycles. The molecule has 1 rings (SSSR count). The van der Waals surface area contributed by atoms with Crippen LogP contribution in [0.15, 0.2) is 23.1 Å². The number of anilines is 1. The molecule has 0 fully saturated rings. The molecule has 0 radical (unpaired) electrons. The van der Waals surface area contributed by atoms with Crippen LogP contribution in [-0.4, -0.2) is 24.7 Å². The fourth-order valence-corrected chi connectivity index (χ4v) is 2.47. The lowest BCUT2D eigenvalue weighted by Gasteiger charge is -2.13. The van der Waals surface area contributed by atoms with Crippen LogP contribution < -0.4 is 10.6 Å². The van der Waals surface area contributed by atoms with E-state index in [-0.39, 0.29) is 18.3 Å². The van der Waals surface area contributed by atoms with E-state index in [1.165, 1.54) is 0 Å². The van der Waals surface area contributed by atoms with Crippen molar-refractivity contribution < 1.29 is 4.79 Å². The number of nitrogens with one attached hydrogen (secondary N) is 2. The summed E-state index contributed by atoms with van der Waals surface area (Å²) in [7, 11) is 1.83. The second-order valence-electron chi connectivity index (χ2n) is 4.21. The monoisotopic (exact) mass is 322 g/mol. The minimum atomic E-state index is -0.00257. The van der Waals surface area contributed by atoms with Crippen LogP contribution in [0.2, 0.25) is 5.02 Å². The Hall–Kier alpha value is -0.420. The molecule has 0 bridgehead atoms. The fraction of sp³-hybridized carbons (Fsp3) is 0.462. The maximum Gasteiger partial charge on any atom is 0.225 e. The summed E-state index contributed by atoms with van der Waals surface area (Å²) in [6.45, 7) is 4.90. The normalized spacial score (nSPS) is 10.2. The molecule has 0 aliphatic carbocycles. The molecule has 0 atom stereocenters. The maximum atomic E-state index is 11.7. The Morgan fingerprint density at radius 2 is 2.11 bits per heavy atom. The van der Waals surface area contributed by atoms with Crippen molar-refractivity contribution in [2.24, 2.45) is 0 Å². The second kappa shape index (κ2) is 9.48. The number of amides is 1. The predicted molar refractivity (Wildman–Crippen MR) is 86.9 cm³/mol. The van der Waals surface area contributed by atoms with Crippen molar-refractivity contribution in [1.82, 2.24) is 5.32 Å². The third-order valence-electron chi connectivity index (χ3n) is 2.18. The SMILES string of the molecule is CNCCC(=O)Nc1cc(Cl)ccc1SC(C)C.Cl. The maximum absolute atomic E-state index is 11.7. The highest BCUT2D eigenvalue weighted by atomic mass is 35.5. The molecular formula is C13H20Cl2N2OS. The molecule has 0 unspecified atom stereocenters. The van der Waals surface area contributed by atoms with Crippen LogP contribution in [0.25, 0.3) is 0 Å². The smallest absolute Gasteiger partial charge is 0.225 e. The highest BCUT2D eigenvalue weighted by Crippen LogP contribution is 2.32. The predicted octanol–water partition coefficient (Wildman–Crippen LogP) is 3.81. The zero-order valence-electron chi connectivity index (χ0n) is 11.3. The molecule has 0 aromatic heterocycles. The number of benzene rings is 1. The molecule has 108 valence electrons. The van der Waals surface area contributed by atoms with Crippen LogP contribution in [0.4, 0.5) is 5.69 Å². The van der Waals surface area contributed by atoms with Gasteiger partial charge < -0.3 is 10.6 Å². The first-order valence-corrected chi connectivity index (χ1v) is 7.19. The fourth-order valence-electron chi connectivity index (χ4n) is 1.41. The van der Waals surface area contributed by atoms with Crippen LogP contribution >= 0.6 is 35.8 Å². The number of thioether (sulfide) groups is 1. The summed E-state index contributed by atoms with van der Waals surface area (Å²) in [5.41, 5.74) is 0.794. The van der Waals surface area contributed by atoms with E-state index < -0.39 is 0 Å². The quantitative estimate of drug-likeness (QED) is 0.782. The zero-order chi connectivity index (χ0) is 13.5. The minimum Gasteiger partial charge on any atom is -0.325 e. The summed E-state index contributed by atoms with van der Waals surface area (Å²) in [5.74, 6) is -0.00257. The van der Waals surface area contributed by atoms with E-state index in [0.29, 0.717) is 23.2 Å². The summed E-state index contributed by atoms with van der Waals surface area (Å²) >= 11 is 7.68. The zero-order valence-corrected chi connectivity index (χ0v) is 13.7. The number of carbonyl (C=O) groups is 1. The van der Waals surface area contributed by atoms with E-state index in [2.05, 4.69) is 24.5 Å². The Morgan fingerprint density at radius 1 is 1.42 bits per heavy atom. The first-order chi connectivity index (χ1) is 8.52. The Labute approximate surface area is 130 Å². The summed E-state index contributed by atoms with van der Waals surface area (Å²) in [6.07, 6.45) is 0.453. The lowest BCUT2D eigenvalue weighted by molar-refractivity contribution is -0.116. The van der Waals surface area contributed by atoms with Crippen LogP contribution in [0.1, 0.15) is 20.3 Å². The molecule has 0 saturated heterocycles. The average Bonchev–Trinajstić information content (AvgIpc) is 2.29. The molecule has 1 aromatic carbocycles. The van der Waals surface area contributed by atoms with Gasteiger partial charge in [0.05, 0.1) is 5.69 Å². The molecule has 0 saturated carbocycles. The third kappa shape index (κ3) is 7.06. The van der Waals surface area contributed by atoms with Gasteiger partial charge in [0, 0.05) is 28.1 Å². The van der Waals surface area contributed by atoms with Gasteiger partial charge in [-0.2, -0.15) is 0 Å². The van der Waals surface area contributed by atoms with Crippen molar-refractivity contribution in [3.63, 3.8) is 0 Å². The van der Waals surface area contributed by atoms with E-state index in [4.69, 9.17) is 11.6 Å². The molecule has 0 aliphatic rings. The lowest BCUT2D eigenvalue weighted by atomic mass is 10.3. The number of hydrogen-bond acceptors (Lipinski definition) is 3. The van der Waals surface area contributed by atoms with Gasteiger partial charge in [-0.05, 0) is 25.2 Å². The van der Waals surface area contributed by atoms with Crippen molar-refractivity contribution >= 4 is 47.4 Å². The largest absolute Gasteiger partial charge is 0.325 e. The topological polar surface area (TPSA) is 41.1 Å². The molecule has 6 heteroatoms. The van der Waals surface area contributed by atoms with Gasteiger partial charge in [0.1, 0.15) is 0 Å². The van der Waals surface area contributed by atoms with Crippen molar-refractivity contribution in [3.8, 4) is 0 Å². The molecule has 0 aliphatic heterocycles. The van der Waals surface area contributed by atoms with Gasteiger partial charge in [0.25, 0.3) is 0 Å². The van der Waals surface area contributed by atoms with E-state index >= 15 is 0 Å². The van der Waals surface area contributed by atoms with E-state index in [1.54, 1.807) is 17.8 Å². The van der Waals surface area contributed by atoms with E-state index in [0.717, 1.165) is 10.6 Å². The Balaban J connectivity index is 0.00000324. The first-order valence-electron chi connectivity index (χ1n) is 5.93. The van der Waals surface area contributed by atoms with Gasteiger partial charge in [-0.15, -0.1) is 24.2 Å². The van der Waals surface area contributed by atoms with Crippen molar-refractivity contribution in [2.45, 2.75) is 30.4 Å². The first kappa shape index (κ1) is 18.6. The van der Waals surface area contributed by atoms with Crippen LogP contribution in [0, 0.1) is 0 Å². The third-order valence-corrected chi connectivity index (χ3v) is 3.50. The molecule has 1 aromatic rings. The summed E-state index contributed by atoms with van der Waals surface area (Å²) in [5, 5.41) is 6.95. The van der Waals surface area contributed by atoms with E-state index in [9.17, 15) is 4.79 Å². The van der Waals surface area contributed by atoms with Gasteiger partial charge >= 0.3 is 0 Å². The molecule has 3 nitrogen and oxygen atoms in total. The standard InChI is InChI=1S/C13H19ClN2OS.ClH/c1-9(2)18-12-5-4-10(14)8-11(12)16-13(17)6-7-15-3;/h4-5,8-9,15H,6-7H2,1-3H3,(H,16,17);1H. The van der Waals surface area contributed by atoms with Gasteiger partial charge in [-0.25, -0.2) is 0 Å². The highest BCUT2D eigenvalue weighted by Gasteiger charge is 2.09. The second-order valence-corrected chi connectivity index (χ2v) is 6.26. The van der Waals surface area contributed by atoms with E-state index in [1.807, 2.05) is 19.2 Å². The highest BCUT2D eigenvalue weighted by molar-refractivity contribution is 8.00. The van der Waals surface area contributed by atoms with Crippen molar-refractivity contribution in [3.05, 3.63) is 23.2 Å². The molecule has 2 N–H and O–H groups in total. The lowest BCUT2D eigenvalue weighted by Crippen LogP contribution is -2.19. The van der Waals surface area contributed by atoms with Crippen molar-refractivity contribution in [2.75, 3.05) is 18.9 Å². The Kier molecular flexibility index (Phi) is 9.27. The molecule has 1 amide bonds. The number of hydrogen-bond donors (Lipinski definition) is 2. The molecule has 0 spiro atoms. The van der Waals surface area contributed by atoms with Crippen LogP contribution in [0.3, 0.4) is 0 Å². The number of rotatable bonds is 6. The summed E-state index contributed by atoms with van der Waals surface area (Å²) < 4.78 is 0. The average molecular weight is 323 g/mol. The summed E-state index contributed by atoms with van der Waals surface area (Å²) in [4.78, 5) is 12.8. The number of halogens is 2. The van der Waals surface area contributed by atoms with Crippen LogP contribution in [-0.2, 0) is 4.79 Å². The van der Waals surface area contributed by atoms with Gasteiger partial charge in [-0.1, -0.05) is 25.4 Å². The van der Waals surface area contributed by atoms with Gasteiger partial charge in [0.2, 0.25) is 5.91 Å².